The van der Waals surface area contributed by atoms with Crippen LogP contribution in [0, 0.1) is 133 Å². The third-order valence-corrected chi connectivity index (χ3v) is 6.76. The van der Waals surface area contributed by atoms with Gasteiger partial charge in [-0.25, -0.2) is 52.7 Å². The molecule has 232 valence electrons. The van der Waals surface area contributed by atoms with Crippen molar-refractivity contribution in [1.82, 2.24) is 0 Å². The summed E-state index contributed by atoms with van der Waals surface area (Å²) < 4.78 is 177. The molecule has 0 bridgehead atoms. The van der Waals surface area contributed by atoms with E-state index in [9.17, 15) is 42.1 Å². The Morgan fingerprint density at radius 3 is 0.766 bits per heavy atom. The van der Waals surface area contributed by atoms with Crippen LogP contribution in [0.4, 0.5) is 52.7 Å². The SMILES string of the molecule is Cc1c(F)c(F)c(C(C#N)=C2C(=C(C#N)c3c(F)c(F)c(C#N)c(F)c3F)C2=C(C#N)c2c(F)c(F)c(C#N)c(F)c2F)c(F)c1F. The molecule has 1 aliphatic rings. The second-order valence-corrected chi connectivity index (χ2v) is 9.08. The maximum absolute atomic E-state index is 15.0. The molecule has 1 aliphatic carbocycles. The first-order valence-corrected chi connectivity index (χ1v) is 11.9. The van der Waals surface area contributed by atoms with Gasteiger partial charge in [-0.1, -0.05) is 0 Å². The lowest BCUT2D eigenvalue weighted by Crippen LogP contribution is -2.06. The first kappa shape index (κ1) is 33.4. The van der Waals surface area contributed by atoms with Gasteiger partial charge < -0.3 is 0 Å². The van der Waals surface area contributed by atoms with Crippen LogP contribution in [0.15, 0.2) is 16.7 Å². The Hall–Kier alpha value is -6.51. The number of nitriles is 5. The quantitative estimate of drug-likeness (QED) is 0.162. The van der Waals surface area contributed by atoms with Gasteiger partial charge >= 0.3 is 0 Å². The Labute approximate surface area is 253 Å². The van der Waals surface area contributed by atoms with E-state index in [0.717, 1.165) is 30.3 Å². The molecule has 0 unspecified atom stereocenters. The van der Waals surface area contributed by atoms with Crippen LogP contribution in [0.3, 0.4) is 0 Å². The van der Waals surface area contributed by atoms with Crippen LogP contribution in [0.5, 0.6) is 0 Å². The van der Waals surface area contributed by atoms with Crippen molar-refractivity contribution >= 4 is 16.7 Å². The van der Waals surface area contributed by atoms with Gasteiger partial charge in [-0.05, 0) is 6.92 Å². The number of nitrogens with zero attached hydrogens (tertiary/aromatic N) is 5. The van der Waals surface area contributed by atoms with E-state index in [4.69, 9.17) is 10.5 Å². The molecule has 3 aromatic carbocycles. The summed E-state index contributed by atoms with van der Waals surface area (Å²) in [7, 11) is 0. The number of hydrogen-bond acceptors (Lipinski definition) is 5. The van der Waals surface area contributed by atoms with E-state index < -0.39 is 137 Å². The fraction of sp³-hybridized carbons (Fsp3) is 0.0333. The average Bonchev–Trinajstić information content (AvgIpc) is 3.77. The van der Waals surface area contributed by atoms with Gasteiger partial charge in [0.1, 0.15) is 41.5 Å². The molecule has 4 rings (SSSR count). The zero-order valence-corrected chi connectivity index (χ0v) is 22.3. The van der Waals surface area contributed by atoms with Crippen LogP contribution in [0.25, 0.3) is 16.7 Å². The van der Waals surface area contributed by atoms with Crippen molar-refractivity contribution in [3.05, 3.63) is 120 Å². The minimum Gasteiger partial charge on any atom is -0.203 e. The van der Waals surface area contributed by atoms with Gasteiger partial charge in [0.25, 0.3) is 0 Å². The lowest BCUT2D eigenvalue weighted by Gasteiger charge is -2.09. The van der Waals surface area contributed by atoms with E-state index in [1.165, 1.54) is 0 Å². The Kier molecular flexibility index (Phi) is 8.36. The summed E-state index contributed by atoms with van der Waals surface area (Å²) in [6.45, 7) is 0.550. The summed E-state index contributed by atoms with van der Waals surface area (Å²) in [5, 5.41) is 47.1. The van der Waals surface area contributed by atoms with E-state index in [-0.39, 0.29) is 0 Å². The zero-order chi connectivity index (χ0) is 35.4. The third kappa shape index (κ3) is 4.63. The molecular weight excluding hydrogens is 658 g/mol. The van der Waals surface area contributed by atoms with Gasteiger partial charge in [0, 0.05) is 22.3 Å². The van der Waals surface area contributed by atoms with Gasteiger partial charge in [-0.15, -0.1) is 0 Å². The van der Waals surface area contributed by atoms with E-state index in [1.807, 2.05) is 0 Å². The highest BCUT2D eigenvalue weighted by molar-refractivity contribution is 6.12. The summed E-state index contributed by atoms with van der Waals surface area (Å²) in [5.74, 6) is -28.5. The summed E-state index contributed by atoms with van der Waals surface area (Å²) in [6, 6.07) is 4.56. The Balaban J connectivity index is 2.37. The van der Waals surface area contributed by atoms with Crippen LogP contribution in [0.2, 0.25) is 0 Å². The van der Waals surface area contributed by atoms with Gasteiger partial charge in [0.05, 0.1) is 33.4 Å². The van der Waals surface area contributed by atoms with Crippen LogP contribution < -0.4 is 0 Å². The molecule has 5 nitrogen and oxygen atoms in total. The van der Waals surface area contributed by atoms with Crippen LogP contribution in [0.1, 0.15) is 33.4 Å². The minimum atomic E-state index is -2.50. The molecular formula is C30H3F12N5. The monoisotopic (exact) mass is 661 g/mol. The normalized spacial score (nSPS) is 14.0. The number of rotatable bonds is 3. The summed E-state index contributed by atoms with van der Waals surface area (Å²) in [5.41, 5.74) is -20.2. The number of benzene rings is 3. The minimum absolute atomic E-state index is 0.550. The van der Waals surface area contributed by atoms with E-state index >= 15 is 26.3 Å². The molecule has 47 heavy (non-hydrogen) atoms. The standard InChI is InChI=1S/C30H3F12N5/c1-7-19(31)25(37)16(26(38)20(7)32)8(2-43)13-14(9(3-44)17-27(39)21(33)11(5-46)22(34)28(17)40)15(13)10(4-45)18-29(41)23(35)12(6-47)24(36)30(18)42/h1H3. The molecule has 0 spiro atoms. The molecule has 0 aliphatic heterocycles. The molecule has 0 radical (unpaired) electrons. The van der Waals surface area contributed by atoms with Crippen LogP contribution in [-0.2, 0) is 0 Å². The largest absolute Gasteiger partial charge is 0.203 e. The highest BCUT2D eigenvalue weighted by Gasteiger charge is 2.46. The van der Waals surface area contributed by atoms with E-state index in [2.05, 4.69) is 0 Å². The van der Waals surface area contributed by atoms with E-state index in [1.54, 1.807) is 0 Å². The molecule has 0 aromatic heterocycles. The molecule has 3 aromatic rings. The summed E-state index contributed by atoms with van der Waals surface area (Å²) in [4.78, 5) is 0. The highest BCUT2D eigenvalue weighted by Crippen LogP contribution is 2.57. The summed E-state index contributed by atoms with van der Waals surface area (Å²) in [6.07, 6.45) is 0. The van der Waals surface area contributed by atoms with Crippen molar-refractivity contribution in [3.8, 4) is 30.3 Å². The Morgan fingerprint density at radius 1 is 0.362 bits per heavy atom. The molecule has 17 heteroatoms. The first-order chi connectivity index (χ1) is 22.1. The lowest BCUT2D eigenvalue weighted by atomic mass is 9.99. The second kappa shape index (κ2) is 11.8. The molecule has 0 atom stereocenters. The Bertz CT molecular complexity index is 2130. The average molecular weight is 661 g/mol. The number of halogens is 12. The first-order valence-electron chi connectivity index (χ1n) is 11.9. The van der Waals surface area contributed by atoms with Crippen molar-refractivity contribution in [2.24, 2.45) is 0 Å². The van der Waals surface area contributed by atoms with Crippen molar-refractivity contribution in [1.29, 1.82) is 26.3 Å². The number of hydrogen-bond donors (Lipinski definition) is 0. The Morgan fingerprint density at radius 2 is 0.574 bits per heavy atom. The van der Waals surface area contributed by atoms with E-state index in [0.29, 0.717) is 6.92 Å². The third-order valence-electron chi connectivity index (χ3n) is 6.76. The molecule has 0 N–H and O–H groups in total. The van der Waals surface area contributed by atoms with Gasteiger partial charge in [-0.2, -0.15) is 26.3 Å². The summed E-state index contributed by atoms with van der Waals surface area (Å²) >= 11 is 0. The molecule has 0 saturated heterocycles. The molecule has 1 saturated carbocycles. The number of allylic oxidation sites excluding steroid dienone is 6. The van der Waals surface area contributed by atoms with Gasteiger partial charge in [0.15, 0.2) is 69.8 Å². The molecule has 1 fully saturated rings. The van der Waals surface area contributed by atoms with Crippen molar-refractivity contribution in [2.75, 3.05) is 0 Å². The predicted octanol–water partition coefficient (Wildman–Crippen LogP) is 7.65. The highest BCUT2D eigenvalue weighted by atomic mass is 19.2. The molecule has 0 amide bonds. The predicted molar refractivity (Wildman–Crippen MR) is 131 cm³/mol. The van der Waals surface area contributed by atoms with Gasteiger partial charge in [-0.3, -0.25) is 0 Å². The van der Waals surface area contributed by atoms with Crippen LogP contribution >= 0.6 is 0 Å². The molecule has 0 heterocycles. The van der Waals surface area contributed by atoms with Gasteiger partial charge in [0.2, 0.25) is 0 Å². The second-order valence-electron chi connectivity index (χ2n) is 9.08. The fourth-order valence-corrected chi connectivity index (χ4v) is 4.51. The van der Waals surface area contributed by atoms with Crippen LogP contribution in [-0.4, -0.2) is 0 Å². The van der Waals surface area contributed by atoms with Crippen molar-refractivity contribution in [3.63, 3.8) is 0 Å². The topological polar surface area (TPSA) is 119 Å². The smallest absolute Gasteiger partial charge is 0.180 e. The maximum atomic E-state index is 15.0. The lowest BCUT2D eigenvalue weighted by molar-refractivity contribution is 0.442. The maximum Gasteiger partial charge on any atom is 0.180 e. The van der Waals surface area contributed by atoms with Crippen molar-refractivity contribution < 1.29 is 52.7 Å². The fourth-order valence-electron chi connectivity index (χ4n) is 4.51. The zero-order valence-electron chi connectivity index (χ0n) is 22.3. The van der Waals surface area contributed by atoms with Crippen molar-refractivity contribution in [2.45, 2.75) is 6.92 Å².